The van der Waals surface area contributed by atoms with Crippen LogP contribution in [0.3, 0.4) is 0 Å². The Morgan fingerprint density at radius 1 is 1.48 bits per heavy atom. The summed E-state index contributed by atoms with van der Waals surface area (Å²) in [7, 11) is 0. The fourth-order valence-corrected chi connectivity index (χ4v) is 2.86. The van der Waals surface area contributed by atoms with Crippen LogP contribution in [0.2, 0.25) is 0 Å². The smallest absolute Gasteiger partial charge is 0.315 e. The number of nitro groups is 1. The highest BCUT2D eigenvalue weighted by Gasteiger charge is 2.23. The first-order chi connectivity index (χ1) is 10.1. The third-order valence-corrected chi connectivity index (χ3v) is 4.02. The molecule has 0 aliphatic carbocycles. The molecular formula is C13H15NO6S. The van der Waals surface area contributed by atoms with Gasteiger partial charge in [-0.1, -0.05) is 6.07 Å². The monoisotopic (exact) mass is 313 g/mol. The molecule has 114 valence electrons. The largest absolute Gasteiger partial charge is 0.465 e. The quantitative estimate of drug-likeness (QED) is 0.432. The average Bonchev–Trinajstić information content (AvgIpc) is 2.90. The molecule has 1 unspecified atom stereocenters. The molecule has 0 saturated heterocycles. The van der Waals surface area contributed by atoms with Gasteiger partial charge in [-0.3, -0.25) is 14.9 Å². The lowest BCUT2D eigenvalue weighted by Crippen LogP contribution is -2.14. The summed E-state index contributed by atoms with van der Waals surface area (Å²) in [6, 6.07) is 5.18. The molecule has 0 N–H and O–H groups in total. The van der Waals surface area contributed by atoms with Crippen LogP contribution in [0.15, 0.2) is 18.2 Å². The predicted octanol–water partition coefficient (Wildman–Crippen LogP) is 2.03. The van der Waals surface area contributed by atoms with Gasteiger partial charge in [0, 0.05) is 4.92 Å². The van der Waals surface area contributed by atoms with Crippen molar-refractivity contribution in [3.05, 3.63) is 33.9 Å². The Balaban J connectivity index is 2.08. The summed E-state index contributed by atoms with van der Waals surface area (Å²) in [6.45, 7) is 1.89. The maximum atomic E-state index is 11.4. The van der Waals surface area contributed by atoms with Crippen molar-refractivity contribution in [2.45, 2.75) is 12.2 Å². The Labute approximate surface area is 125 Å². The van der Waals surface area contributed by atoms with Crippen molar-refractivity contribution in [2.24, 2.45) is 0 Å². The normalized spacial score (nSPS) is 13.8. The van der Waals surface area contributed by atoms with E-state index in [1.165, 1.54) is 11.8 Å². The number of ether oxygens (including phenoxy) is 3. The van der Waals surface area contributed by atoms with Gasteiger partial charge in [-0.05, 0) is 24.6 Å². The van der Waals surface area contributed by atoms with Crippen LogP contribution in [0.4, 0.5) is 0 Å². The Morgan fingerprint density at radius 3 is 2.95 bits per heavy atom. The first kappa shape index (κ1) is 15.4. The SMILES string of the molecule is CCOC(=O)CSC(C[N+](=O)[O-])c1ccc2c(c1)OCO2. The molecular weight excluding hydrogens is 298 g/mol. The zero-order valence-electron chi connectivity index (χ0n) is 11.4. The van der Waals surface area contributed by atoms with Gasteiger partial charge in [-0.25, -0.2) is 0 Å². The van der Waals surface area contributed by atoms with Crippen LogP contribution < -0.4 is 9.47 Å². The first-order valence-corrected chi connectivity index (χ1v) is 7.43. The van der Waals surface area contributed by atoms with Gasteiger partial charge in [0.05, 0.1) is 17.6 Å². The van der Waals surface area contributed by atoms with Gasteiger partial charge in [0.15, 0.2) is 11.5 Å². The molecule has 7 nitrogen and oxygen atoms in total. The molecule has 1 aromatic rings. The molecule has 1 aliphatic heterocycles. The molecule has 1 aromatic carbocycles. The lowest BCUT2D eigenvalue weighted by atomic mass is 10.1. The van der Waals surface area contributed by atoms with E-state index in [0.29, 0.717) is 18.1 Å². The van der Waals surface area contributed by atoms with Crippen LogP contribution in [0.1, 0.15) is 17.7 Å². The number of thioether (sulfide) groups is 1. The third-order valence-electron chi connectivity index (χ3n) is 2.79. The molecule has 1 aliphatic rings. The van der Waals surface area contributed by atoms with Crippen molar-refractivity contribution in [3.8, 4) is 11.5 Å². The third kappa shape index (κ3) is 4.25. The zero-order chi connectivity index (χ0) is 15.2. The number of carbonyl (C=O) groups excluding carboxylic acids is 1. The van der Waals surface area contributed by atoms with Gasteiger partial charge in [-0.2, -0.15) is 0 Å². The van der Waals surface area contributed by atoms with E-state index in [-0.39, 0.29) is 25.1 Å². The summed E-state index contributed by atoms with van der Waals surface area (Å²) in [4.78, 5) is 21.8. The van der Waals surface area contributed by atoms with E-state index in [0.717, 1.165) is 5.56 Å². The fraction of sp³-hybridized carbons (Fsp3) is 0.462. The van der Waals surface area contributed by atoms with Crippen molar-refractivity contribution in [3.63, 3.8) is 0 Å². The van der Waals surface area contributed by atoms with E-state index >= 15 is 0 Å². The van der Waals surface area contributed by atoms with Gasteiger partial charge in [0.2, 0.25) is 13.3 Å². The predicted molar refractivity (Wildman–Crippen MR) is 76.3 cm³/mol. The minimum atomic E-state index is -0.445. The van der Waals surface area contributed by atoms with Crippen molar-refractivity contribution < 1.29 is 23.9 Å². The first-order valence-electron chi connectivity index (χ1n) is 6.38. The van der Waals surface area contributed by atoms with Gasteiger partial charge >= 0.3 is 5.97 Å². The molecule has 0 saturated carbocycles. The van der Waals surface area contributed by atoms with Crippen LogP contribution in [-0.4, -0.2) is 36.6 Å². The van der Waals surface area contributed by atoms with Crippen LogP contribution in [-0.2, 0) is 9.53 Å². The molecule has 0 fully saturated rings. The lowest BCUT2D eigenvalue weighted by Gasteiger charge is -2.13. The number of carbonyl (C=O) groups is 1. The summed E-state index contributed by atoms with van der Waals surface area (Å²) < 4.78 is 15.3. The van der Waals surface area contributed by atoms with Gasteiger partial charge < -0.3 is 14.2 Å². The van der Waals surface area contributed by atoms with Crippen LogP contribution in [0.25, 0.3) is 0 Å². The van der Waals surface area contributed by atoms with Crippen LogP contribution in [0.5, 0.6) is 11.5 Å². The number of benzene rings is 1. The van der Waals surface area contributed by atoms with Gasteiger partial charge in [0.25, 0.3) is 0 Å². The highest BCUT2D eigenvalue weighted by Crippen LogP contribution is 2.37. The molecule has 8 heteroatoms. The number of rotatable bonds is 7. The number of nitrogens with zero attached hydrogens (tertiary/aromatic N) is 1. The van der Waals surface area contributed by atoms with Crippen LogP contribution in [0, 0.1) is 10.1 Å². The molecule has 0 bridgehead atoms. The molecule has 0 radical (unpaired) electrons. The van der Waals surface area contributed by atoms with E-state index in [2.05, 4.69) is 0 Å². The number of hydrogen-bond acceptors (Lipinski definition) is 7. The number of hydrogen-bond donors (Lipinski definition) is 0. The minimum absolute atomic E-state index is 0.0702. The summed E-state index contributed by atoms with van der Waals surface area (Å²) in [5.41, 5.74) is 0.727. The molecule has 1 atom stereocenters. The van der Waals surface area contributed by atoms with Gasteiger partial charge in [0.1, 0.15) is 0 Å². The second-order valence-electron chi connectivity index (χ2n) is 4.23. The maximum absolute atomic E-state index is 11.4. The summed E-state index contributed by atoms with van der Waals surface area (Å²) >= 11 is 1.18. The van der Waals surface area contributed by atoms with E-state index in [1.807, 2.05) is 0 Å². The van der Waals surface area contributed by atoms with Crippen molar-refractivity contribution in [2.75, 3.05) is 25.7 Å². The van der Waals surface area contributed by atoms with Gasteiger partial charge in [-0.15, -0.1) is 11.8 Å². The Morgan fingerprint density at radius 2 is 2.24 bits per heavy atom. The standard InChI is InChI=1S/C13H15NO6S/c1-2-18-13(15)7-21-12(6-14(16)17)9-3-4-10-11(5-9)20-8-19-10/h3-5,12H,2,6-8H2,1H3. The topological polar surface area (TPSA) is 87.9 Å². The maximum Gasteiger partial charge on any atom is 0.315 e. The van der Waals surface area contributed by atoms with E-state index in [9.17, 15) is 14.9 Å². The average molecular weight is 313 g/mol. The Bertz CT molecular complexity index is 535. The number of esters is 1. The molecule has 0 spiro atoms. The second kappa shape index (κ2) is 7.16. The minimum Gasteiger partial charge on any atom is -0.465 e. The molecule has 0 aromatic heterocycles. The summed E-state index contributed by atoms with van der Waals surface area (Å²) in [5.74, 6) is 0.879. The Kier molecular flexibility index (Phi) is 5.26. The molecule has 1 heterocycles. The molecule has 21 heavy (non-hydrogen) atoms. The second-order valence-corrected chi connectivity index (χ2v) is 5.42. The Hall–Kier alpha value is -1.96. The van der Waals surface area contributed by atoms with Crippen molar-refractivity contribution in [1.29, 1.82) is 0 Å². The highest BCUT2D eigenvalue weighted by molar-refractivity contribution is 8.00. The lowest BCUT2D eigenvalue weighted by molar-refractivity contribution is -0.479. The summed E-state index contributed by atoms with van der Waals surface area (Å²) in [5, 5.41) is 10.4. The van der Waals surface area contributed by atoms with Crippen molar-refractivity contribution in [1.82, 2.24) is 0 Å². The zero-order valence-corrected chi connectivity index (χ0v) is 12.3. The fourth-order valence-electron chi connectivity index (χ4n) is 1.87. The van der Waals surface area contributed by atoms with E-state index in [4.69, 9.17) is 14.2 Å². The number of fused-ring (bicyclic) bond motifs is 1. The van der Waals surface area contributed by atoms with Crippen molar-refractivity contribution >= 4 is 17.7 Å². The van der Waals surface area contributed by atoms with Crippen LogP contribution >= 0.6 is 11.8 Å². The van der Waals surface area contributed by atoms with E-state index < -0.39 is 10.2 Å². The summed E-state index contributed by atoms with van der Waals surface area (Å²) in [6.07, 6.45) is 0. The highest BCUT2D eigenvalue weighted by atomic mass is 32.2. The molecule has 2 rings (SSSR count). The van der Waals surface area contributed by atoms with E-state index in [1.54, 1.807) is 25.1 Å². The molecule has 0 amide bonds.